The maximum absolute atomic E-state index is 13.3. The van der Waals surface area contributed by atoms with Crippen molar-refractivity contribution in [3.8, 4) is 17.0 Å². The van der Waals surface area contributed by atoms with Crippen LogP contribution in [0.5, 0.6) is 5.75 Å². The topological polar surface area (TPSA) is 112 Å². The van der Waals surface area contributed by atoms with Crippen LogP contribution in [0.3, 0.4) is 0 Å². The number of nitrogens with zero attached hydrogens (tertiary/aromatic N) is 6. The van der Waals surface area contributed by atoms with Crippen molar-refractivity contribution in [2.45, 2.75) is 49.8 Å². The van der Waals surface area contributed by atoms with Crippen LogP contribution in [0.15, 0.2) is 42.9 Å². The van der Waals surface area contributed by atoms with Crippen LogP contribution in [0.4, 0.5) is 8.78 Å². The summed E-state index contributed by atoms with van der Waals surface area (Å²) < 4.78 is 33.1. The summed E-state index contributed by atoms with van der Waals surface area (Å²) in [6.07, 6.45) is 8.58. The second-order valence-corrected chi connectivity index (χ2v) is 10.0. The van der Waals surface area contributed by atoms with Gasteiger partial charge in [-0.15, -0.1) is 0 Å². The van der Waals surface area contributed by atoms with E-state index in [1.54, 1.807) is 47.2 Å². The molecule has 1 saturated carbocycles. The number of nitrogens with two attached hydrogens (primary N) is 1. The number of carbonyl (C=O) groups excluding carboxylic acids is 1. The smallest absolute Gasteiger partial charge is 0.387 e. The molecule has 2 unspecified atom stereocenters. The average Bonchev–Trinajstić information content (AvgIpc) is 3.40. The number of halogens is 2. The lowest BCUT2D eigenvalue weighted by molar-refractivity contribution is -0.0505. The first-order chi connectivity index (χ1) is 17.8. The highest BCUT2D eigenvalue weighted by Gasteiger charge is 2.46. The van der Waals surface area contributed by atoms with Crippen molar-refractivity contribution in [1.29, 1.82) is 0 Å². The Labute approximate surface area is 210 Å². The number of alkyl halides is 2. The molecule has 37 heavy (non-hydrogen) atoms. The number of carbonyl (C=O) groups is 1. The molecule has 4 heterocycles. The van der Waals surface area contributed by atoms with E-state index in [4.69, 9.17) is 20.6 Å². The average molecular weight is 504 g/mol. The summed E-state index contributed by atoms with van der Waals surface area (Å²) in [5.74, 6) is 0.00193. The fraction of sp³-hybridized carbons (Fsp3) is 0.346. The zero-order valence-corrected chi connectivity index (χ0v) is 19.9. The standard InChI is InChI=1S/C26H23F2N7O2/c1-34-17-10-15(19-14(23(34)36)4-2-5-18(19)37-25(27)28)20-21(17)33-35-9-6-16(32-22(20)35)13-11-30-24(31-12-13)26(29)7-3-8-26/h2,4-6,9,11-12,15,17,25H,3,7-8,10,29H2,1H3. The first kappa shape index (κ1) is 22.2. The zero-order valence-electron chi connectivity index (χ0n) is 19.9. The van der Waals surface area contributed by atoms with Gasteiger partial charge in [0.2, 0.25) is 0 Å². The molecule has 0 spiro atoms. The quantitative estimate of drug-likeness (QED) is 0.451. The molecular weight excluding hydrogens is 480 g/mol. The molecule has 188 valence electrons. The summed E-state index contributed by atoms with van der Waals surface area (Å²) in [6, 6.07) is 6.21. The van der Waals surface area contributed by atoms with E-state index in [-0.39, 0.29) is 23.6 Å². The molecule has 1 amide bonds. The van der Waals surface area contributed by atoms with E-state index in [1.807, 2.05) is 6.07 Å². The van der Waals surface area contributed by atoms with Gasteiger partial charge in [-0.1, -0.05) is 6.07 Å². The van der Waals surface area contributed by atoms with Crippen LogP contribution in [0, 0.1) is 0 Å². The highest BCUT2D eigenvalue weighted by Crippen LogP contribution is 2.53. The number of aromatic nitrogens is 5. The third kappa shape index (κ3) is 3.19. The fourth-order valence-corrected chi connectivity index (χ4v) is 5.88. The Morgan fingerprint density at radius 3 is 2.65 bits per heavy atom. The Bertz CT molecular complexity index is 1570. The van der Waals surface area contributed by atoms with Gasteiger partial charge in [0.25, 0.3) is 5.91 Å². The summed E-state index contributed by atoms with van der Waals surface area (Å²) in [5.41, 5.74) is 10.2. The van der Waals surface area contributed by atoms with Crippen molar-refractivity contribution in [3.05, 3.63) is 71.1 Å². The van der Waals surface area contributed by atoms with Crippen LogP contribution in [-0.2, 0) is 5.54 Å². The molecule has 0 radical (unpaired) electrons. The highest BCUT2D eigenvalue weighted by atomic mass is 19.3. The molecule has 1 fully saturated rings. The molecule has 3 aromatic heterocycles. The van der Waals surface area contributed by atoms with Crippen molar-refractivity contribution in [3.63, 3.8) is 0 Å². The Hall–Kier alpha value is -3.99. The molecule has 7 rings (SSSR count). The Morgan fingerprint density at radius 2 is 1.95 bits per heavy atom. The van der Waals surface area contributed by atoms with Crippen molar-refractivity contribution in [2.75, 3.05) is 7.05 Å². The predicted molar refractivity (Wildman–Crippen MR) is 128 cm³/mol. The minimum absolute atomic E-state index is 0.000971. The van der Waals surface area contributed by atoms with Gasteiger partial charge in [0.05, 0.1) is 23.0 Å². The number of hydrogen-bond donors (Lipinski definition) is 1. The van der Waals surface area contributed by atoms with Crippen molar-refractivity contribution >= 4 is 11.6 Å². The molecule has 3 aliphatic rings. The molecule has 4 aromatic rings. The zero-order chi connectivity index (χ0) is 25.5. The summed E-state index contributed by atoms with van der Waals surface area (Å²) in [5, 5.41) is 4.75. The number of hydrogen-bond acceptors (Lipinski definition) is 7. The predicted octanol–water partition coefficient (Wildman–Crippen LogP) is 3.79. The van der Waals surface area contributed by atoms with Crippen LogP contribution in [0.2, 0.25) is 0 Å². The second kappa shape index (κ2) is 7.75. The Balaban J connectivity index is 1.37. The molecule has 2 N–H and O–H groups in total. The number of amides is 1. The lowest BCUT2D eigenvalue weighted by atomic mass is 9.77. The first-order valence-electron chi connectivity index (χ1n) is 12.2. The van der Waals surface area contributed by atoms with E-state index >= 15 is 0 Å². The molecule has 2 aliphatic carbocycles. The van der Waals surface area contributed by atoms with Crippen LogP contribution in [0.25, 0.3) is 16.9 Å². The molecule has 11 heteroatoms. The van der Waals surface area contributed by atoms with Gasteiger partial charge >= 0.3 is 6.61 Å². The van der Waals surface area contributed by atoms with Gasteiger partial charge in [-0.25, -0.2) is 19.5 Å². The second-order valence-electron chi connectivity index (χ2n) is 10.0. The van der Waals surface area contributed by atoms with E-state index in [0.29, 0.717) is 40.4 Å². The normalized spacial score (nSPS) is 21.5. The molecule has 9 nitrogen and oxygen atoms in total. The molecule has 0 saturated heterocycles. The van der Waals surface area contributed by atoms with Crippen LogP contribution < -0.4 is 10.5 Å². The minimum Gasteiger partial charge on any atom is -0.434 e. The molecule has 1 aliphatic heterocycles. The molecule has 1 aromatic carbocycles. The highest BCUT2D eigenvalue weighted by molar-refractivity contribution is 5.98. The molecule has 2 bridgehead atoms. The number of ether oxygens (including phenoxy) is 1. The van der Waals surface area contributed by atoms with Crippen LogP contribution >= 0.6 is 0 Å². The van der Waals surface area contributed by atoms with E-state index in [0.717, 1.165) is 30.4 Å². The third-order valence-electron chi connectivity index (χ3n) is 7.96. The Morgan fingerprint density at radius 1 is 1.16 bits per heavy atom. The maximum Gasteiger partial charge on any atom is 0.387 e. The fourth-order valence-electron chi connectivity index (χ4n) is 5.88. The van der Waals surface area contributed by atoms with E-state index in [2.05, 4.69) is 9.97 Å². The first-order valence-corrected chi connectivity index (χ1v) is 12.2. The minimum atomic E-state index is -3.01. The largest absolute Gasteiger partial charge is 0.434 e. The van der Waals surface area contributed by atoms with Crippen molar-refractivity contribution in [2.24, 2.45) is 5.73 Å². The van der Waals surface area contributed by atoms with Crippen LogP contribution in [-0.4, -0.2) is 49.0 Å². The summed E-state index contributed by atoms with van der Waals surface area (Å²) in [7, 11) is 1.71. The molecular formula is C26H23F2N7O2. The third-order valence-corrected chi connectivity index (χ3v) is 7.96. The summed E-state index contributed by atoms with van der Waals surface area (Å²) >= 11 is 0. The van der Waals surface area contributed by atoms with Gasteiger partial charge in [-0.05, 0) is 43.9 Å². The van der Waals surface area contributed by atoms with Gasteiger partial charge in [0.1, 0.15) is 11.6 Å². The lowest BCUT2D eigenvalue weighted by Gasteiger charge is -2.36. The monoisotopic (exact) mass is 503 g/mol. The van der Waals surface area contributed by atoms with Crippen LogP contribution in [0.1, 0.15) is 70.6 Å². The SMILES string of the molecule is CN1C(=O)c2cccc(OC(F)F)c2C2CC1c1nn3ccc(-c4cnc(C5(N)CCC5)nc4)nc3c12. The van der Waals surface area contributed by atoms with E-state index in [9.17, 15) is 13.6 Å². The number of benzene rings is 1. The van der Waals surface area contributed by atoms with Gasteiger partial charge in [-0.2, -0.15) is 13.9 Å². The van der Waals surface area contributed by atoms with E-state index in [1.165, 1.54) is 6.07 Å². The van der Waals surface area contributed by atoms with Crippen molar-refractivity contribution in [1.82, 2.24) is 29.5 Å². The van der Waals surface area contributed by atoms with Gasteiger partial charge < -0.3 is 15.4 Å². The number of rotatable bonds is 4. The van der Waals surface area contributed by atoms with Gasteiger partial charge in [0.15, 0.2) is 5.65 Å². The van der Waals surface area contributed by atoms with Gasteiger partial charge in [-0.3, -0.25) is 4.79 Å². The summed E-state index contributed by atoms with van der Waals surface area (Å²) in [6.45, 7) is -3.01. The summed E-state index contributed by atoms with van der Waals surface area (Å²) in [4.78, 5) is 28.8. The van der Waals surface area contributed by atoms with E-state index < -0.39 is 12.2 Å². The van der Waals surface area contributed by atoms with Gasteiger partial charge in [0, 0.05) is 53.8 Å². The number of fused-ring (bicyclic) bond motifs is 9. The Kier molecular flexibility index (Phi) is 4.66. The maximum atomic E-state index is 13.3. The molecule has 2 atom stereocenters. The lowest BCUT2D eigenvalue weighted by Crippen LogP contribution is -2.44. The van der Waals surface area contributed by atoms with Crippen molar-refractivity contribution < 1.29 is 18.3 Å².